The van der Waals surface area contributed by atoms with Gasteiger partial charge in [-0.05, 0) is 37.5 Å². The van der Waals surface area contributed by atoms with Crippen molar-refractivity contribution >= 4 is 11.9 Å². The van der Waals surface area contributed by atoms with Crippen LogP contribution in [0, 0.1) is 22.7 Å². The molecule has 0 saturated carbocycles. The molecule has 0 aromatic carbocycles. The summed E-state index contributed by atoms with van der Waals surface area (Å²) in [4.78, 5) is 21.5. The van der Waals surface area contributed by atoms with Crippen LogP contribution in [0.15, 0.2) is 0 Å². The number of carboxylic acids is 2. The summed E-state index contributed by atoms with van der Waals surface area (Å²) >= 11 is 0. The van der Waals surface area contributed by atoms with Crippen LogP contribution in [0.2, 0.25) is 0 Å². The first-order chi connectivity index (χ1) is 10.8. The molecule has 0 spiro atoms. The summed E-state index contributed by atoms with van der Waals surface area (Å²) in [5.41, 5.74) is -1.24. The van der Waals surface area contributed by atoms with E-state index in [9.17, 15) is 19.8 Å². The number of hydrogen-bond donors (Lipinski definition) is 0. The van der Waals surface area contributed by atoms with Crippen molar-refractivity contribution in [2.45, 2.75) is 93.9 Å². The van der Waals surface area contributed by atoms with E-state index in [0.29, 0.717) is 24.7 Å². The standard InChI is InChI=1S/2C10H20O2.Ni/c2*1-5-10(4,9(11)12)7-6-8(2)3;/h2*8H,5-7H2,1-4H3,(H,11,12);/q;;+2/p-2. The molecular formula is C20H38NiO4. The van der Waals surface area contributed by atoms with Gasteiger partial charge < -0.3 is 19.8 Å². The van der Waals surface area contributed by atoms with Gasteiger partial charge in [-0.2, -0.15) is 0 Å². The number of hydrogen-bond acceptors (Lipinski definition) is 4. The van der Waals surface area contributed by atoms with Crippen molar-refractivity contribution < 1.29 is 36.3 Å². The Kier molecular flexibility index (Phi) is 15.9. The Morgan fingerprint density at radius 3 is 1.12 bits per heavy atom. The monoisotopic (exact) mass is 400 g/mol. The van der Waals surface area contributed by atoms with E-state index >= 15 is 0 Å². The molecule has 0 aliphatic rings. The summed E-state index contributed by atoms with van der Waals surface area (Å²) in [6.45, 7) is 15.7. The normalized spacial score (nSPS) is 15.4. The second-order valence-corrected chi connectivity index (χ2v) is 8.27. The van der Waals surface area contributed by atoms with Crippen LogP contribution in [-0.4, -0.2) is 11.9 Å². The molecule has 2 atom stereocenters. The van der Waals surface area contributed by atoms with Crippen LogP contribution < -0.4 is 10.2 Å². The van der Waals surface area contributed by atoms with Gasteiger partial charge in [-0.1, -0.05) is 68.2 Å². The zero-order valence-corrected chi connectivity index (χ0v) is 18.3. The fourth-order valence-electron chi connectivity index (χ4n) is 2.06. The van der Waals surface area contributed by atoms with Gasteiger partial charge in [0.25, 0.3) is 0 Å². The summed E-state index contributed by atoms with van der Waals surface area (Å²) in [5.74, 6) is -0.693. The van der Waals surface area contributed by atoms with Crippen molar-refractivity contribution in [2.24, 2.45) is 22.7 Å². The molecule has 0 amide bonds. The Hall–Kier alpha value is -0.566. The smallest absolute Gasteiger partial charge is 0.550 e. The van der Waals surface area contributed by atoms with Gasteiger partial charge >= 0.3 is 16.5 Å². The van der Waals surface area contributed by atoms with Gasteiger partial charge in [-0.3, -0.25) is 0 Å². The van der Waals surface area contributed by atoms with Gasteiger partial charge in [0.1, 0.15) is 0 Å². The average molecular weight is 401 g/mol. The summed E-state index contributed by atoms with van der Waals surface area (Å²) in [6, 6.07) is 0. The number of aliphatic carboxylic acids is 2. The molecule has 0 aromatic rings. The van der Waals surface area contributed by atoms with E-state index in [0.717, 1.165) is 25.7 Å². The van der Waals surface area contributed by atoms with Crippen molar-refractivity contribution in [3.05, 3.63) is 0 Å². The first-order valence-electron chi connectivity index (χ1n) is 9.27. The molecule has 0 saturated heterocycles. The van der Waals surface area contributed by atoms with Crippen molar-refractivity contribution in [3.8, 4) is 0 Å². The topological polar surface area (TPSA) is 80.3 Å². The van der Waals surface area contributed by atoms with Gasteiger partial charge in [0, 0.05) is 22.8 Å². The molecule has 0 aliphatic heterocycles. The predicted molar refractivity (Wildman–Crippen MR) is 95.0 cm³/mol. The second-order valence-electron chi connectivity index (χ2n) is 8.27. The molecule has 0 fully saturated rings. The van der Waals surface area contributed by atoms with Crippen molar-refractivity contribution in [3.63, 3.8) is 0 Å². The van der Waals surface area contributed by atoms with Gasteiger partial charge in [0.15, 0.2) is 0 Å². The van der Waals surface area contributed by atoms with E-state index in [1.165, 1.54) is 0 Å². The minimum absolute atomic E-state index is 0. The van der Waals surface area contributed by atoms with Crippen LogP contribution in [0.4, 0.5) is 0 Å². The summed E-state index contributed by atoms with van der Waals surface area (Å²) in [5, 5.41) is 21.5. The molecule has 4 nitrogen and oxygen atoms in total. The van der Waals surface area contributed by atoms with Crippen LogP contribution >= 0.6 is 0 Å². The van der Waals surface area contributed by atoms with Crippen molar-refractivity contribution in [2.75, 3.05) is 0 Å². The van der Waals surface area contributed by atoms with Crippen LogP contribution in [0.3, 0.4) is 0 Å². The Morgan fingerprint density at radius 2 is 1.00 bits per heavy atom. The van der Waals surface area contributed by atoms with Crippen LogP contribution in [-0.2, 0) is 26.1 Å². The zero-order valence-electron chi connectivity index (χ0n) is 17.3. The van der Waals surface area contributed by atoms with E-state index in [1.807, 2.05) is 13.8 Å². The van der Waals surface area contributed by atoms with E-state index in [4.69, 9.17) is 0 Å². The van der Waals surface area contributed by atoms with E-state index in [1.54, 1.807) is 13.8 Å². The van der Waals surface area contributed by atoms with Crippen molar-refractivity contribution in [1.29, 1.82) is 0 Å². The Balaban J connectivity index is -0.000000372. The molecule has 0 radical (unpaired) electrons. The Bertz CT molecular complexity index is 346. The van der Waals surface area contributed by atoms with Crippen LogP contribution in [0.1, 0.15) is 93.9 Å². The Morgan fingerprint density at radius 1 is 0.760 bits per heavy atom. The summed E-state index contributed by atoms with van der Waals surface area (Å²) in [6.07, 6.45) is 4.67. The summed E-state index contributed by atoms with van der Waals surface area (Å²) < 4.78 is 0. The fraction of sp³-hybridized carbons (Fsp3) is 0.900. The van der Waals surface area contributed by atoms with Gasteiger partial charge in [-0.25, -0.2) is 0 Å². The van der Waals surface area contributed by atoms with E-state index in [2.05, 4.69) is 27.7 Å². The molecule has 25 heavy (non-hydrogen) atoms. The molecule has 0 aromatic heterocycles. The molecule has 0 heterocycles. The van der Waals surface area contributed by atoms with Crippen molar-refractivity contribution in [1.82, 2.24) is 0 Å². The minimum atomic E-state index is -0.911. The maximum Gasteiger partial charge on any atom is 2.00 e. The first-order valence-corrected chi connectivity index (χ1v) is 9.27. The average Bonchev–Trinajstić information content (AvgIpc) is 2.50. The molecule has 0 bridgehead atoms. The second kappa shape index (κ2) is 13.6. The van der Waals surface area contributed by atoms with Crippen LogP contribution in [0.5, 0.6) is 0 Å². The number of carboxylic acid groups (broad SMARTS) is 2. The molecular weight excluding hydrogens is 363 g/mol. The molecule has 0 rings (SSSR count). The molecule has 152 valence electrons. The maximum absolute atomic E-state index is 10.8. The third-order valence-electron chi connectivity index (χ3n) is 5.09. The van der Waals surface area contributed by atoms with Gasteiger partial charge in [0.2, 0.25) is 0 Å². The van der Waals surface area contributed by atoms with Crippen LogP contribution in [0.25, 0.3) is 0 Å². The number of carbonyl (C=O) groups excluding carboxylic acids is 2. The van der Waals surface area contributed by atoms with E-state index in [-0.39, 0.29) is 16.5 Å². The first kappa shape index (κ1) is 29.2. The summed E-state index contributed by atoms with van der Waals surface area (Å²) in [7, 11) is 0. The predicted octanol–water partition coefficient (Wildman–Crippen LogP) is 3.18. The fourth-order valence-corrected chi connectivity index (χ4v) is 2.06. The third-order valence-corrected chi connectivity index (χ3v) is 5.09. The Labute approximate surface area is 165 Å². The third kappa shape index (κ3) is 12.4. The number of carbonyl (C=O) groups is 2. The minimum Gasteiger partial charge on any atom is -0.550 e. The van der Waals surface area contributed by atoms with Gasteiger partial charge in [-0.15, -0.1) is 0 Å². The number of rotatable bonds is 10. The SMILES string of the molecule is CCC(C)(CCC(C)C)C(=O)[O-].CCC(C)(CCC(C)C)C(=O)[O-].[Ni+2]. The zero-order chi connectivity index (χ0) is 19.6. The molecule has 0 N–H and O–H groups in total. The largest absolute Gasteiger partial charge is 2.00 e. The quantitative estimate of drug-likeness (QED) is 0.527. The molecule has 0 aliphatic carbocycles. The van der Waals surface area contributed by atoms with E-state index < -0.39 is 22.8 Å². The maximum atomic E-state index is 10.8. The molecule has 2 unspecified atom stereocenters. The van der Waals surface area contributed by atoms with Gasteiger partial charge in [0.05, 0.1) is 0 Å². The molecule has 5 heteroatoms.